The van der Waals surface area contributed by atoms with Crippen molar-refractivity contribution in [2.45, 2.75) is 65.5 Å². The summed E-state index contributed by atoms with van der Waals surface area (Å²) in [5.74, 6) is -4.30. The number of thiol groups is 2. The van der Waals surface area contributed by atoms with Gasteiger partial charge in [0.2, 0.25) is 11.8 Å². The molecule has 0 bridgehead atoms. The minimum Gasteiger partial charge on any atom is -0.457 e. The molecule has 0 aliphatic carbocycles. The largest absolute Gasteiger partial charge is 0.457 e. The number of hydrogen-bond donors (Lipinski definition) is 6. The van der Waals surface area contributed by atoms with Crippen molar-refractivity contribution in [2.75, 3.05) is 64.1 Å². The van der Waals surface area contributed by atoms with Gasteiger partial charge in [0.15, 0.2) is 0 Å². The number of rotatable bonds is 26. The average Bonchev–Trinajstić information content (AvgIpc) is 0.675. The highest BCUT2D eigenvalue weighted by atomic mass is 32.1. The molecular weight excluding hydrogens is 1180 g/mol. The van der Waals surface area contributed by atoms with E-state index < -0.39 is 74.0 Å². The Morgan fingerprint density at radius 1 is 0.378 bits per heavy atom. The lowest BCUT2D eigenvalue weighted by atomic mass is 9.80. The molecule has 6 amide bonds. The molecule has 0 aromatic heterocycles. The number of imide groups is 2. The zero-order valence-electron chi connectivity index (χ0n) is 50.2. The van der Waals surface area contributed by atoms with Gasteiger partial charge in [-0.15, -0.1) is 0 Å². The number of amides is 6. The second-order valence-corrected chi connectivity index (χ2v) is 22.7. The van der Waals surface area contributed by atoms with E-state index in [1.807, 2.05) is 76.2 Å². The van der Waals surface area contributed by atoms with Gasteiger partial charge in [0.05, 0.1) is 48.7 Å². The SMILES string of the molecule is CCc1ccc(Oc2cc3c4c(cc(Oc5ccc(CC)cc5)c5c6c(Oc7ccc(CC)cc7)cc7c8c(cc(Oc9ccc(CC)cc9)c(c2c45)c86)C(=O)N(C(CS)C(=O)N(CCO)CCO)C7=O)C(=O)N(C(CS)C(=O)N(CCO)CCO)C3=O)cc1. The molecule has 2 aliphatic heterocycles. The van der Waals surface area contributed by atoms with Crippen LogP contribution in [0.2, 0.25) is 0 Å². The van der Waals surface area contributed by atoms with Crippen LogP contribution in [0.3, 0.4) is 0 Å². The number of fused-ring (bicyclic) bond motifs is 2. The van der Waals surface area contributed by atoms with E-state index in [1.54, 1.807) is 48.5 Å². The van der Waals surface area contributed by atoms with Crippen LogP contribution in [0.15, 0.2) is 121 Å². The molecule has 11 rings (SSSR count). The van der Waals surface area contributed by atoms with Gasteiger partial charge in [0.25, 0.3) is 23.6 Å². The third-order valence-electron chi connectivity index (χ3n) is 16.8. The van der Waals surface area contributed by atoms with E-state index in [1.165, 1.54) is 24.3 Å². The number of nitrogens with zero attached hydrogens (tertiary/aromatic N) is 4. The maximum absolute atomic E-state index is 15.9. The number of aliphatic hydroxyl groups excluding tert-OH is 4. The molecule has 2 aliphatic rings. The average molecular weight is 1250 g/mol. The van der Waals surface area contributed by atoms with Gasteiger partial charge in [-0.1, -0.05) is 76.2 Å². The first-order chi connectivity index (χ1) is 43.7. The monoisotopic (exact) mass is 1250 g/mol. The summed E-state index contributed by atoms with van der Waals surface area (Å²) in [7, 11) is 0. The molecule has 2 heterocycles. The molecule has 2 atom stereocenters. The van der Waals surface area contributed by atoms with Crippen molar-refractivity contribution in [3.8, 4) is 46.0 Å². The Bertz CT molecular complexity index is 3750. The van der Waals surface area contributed by atoms with E-state index in [2.05, 4.69) is 25.3 Å². The topological polar surface area (TPSA) is 233 Å². The van der Waals surface area contributed by atoms with Crippen LogP contribution in [0.25, 0.3) is 43.1 Å². The summed E-state index contributed by atoms with van der Waals surface area (Å²) in [5.41, 5.74) is 3.72. The van der Waals surface area contributed by atoms with Gasteiger partial charge in [0, 0.05) is 80.8 Å². The quantitative estimate of drug-likeness (QED) is 0.0128. The van der Waals surface area contributed by atoms with Crippen molar-refractivity contribution in [3.05, 3.63) is 166 Å². The molecule has 0 saturated heterocycles. The first-order valence-electron chi connectivity index (χ1n) is 30.1. The molecule has 4 N–H and O–H groups in total. The van der Waals surface area contributed by atoms with Crippen LogP contribution in [0.1, 0.15) is 91.4 Å². The van der Waals surface area contributed by atoms with Crippen molar-refractivity contribution < 1.29 is 68.1 Å². The Morgan fingerprint density at radius 3 is 0.789 bits per heavy atom. The van der Waals surface area contributed by atoms with E-state index in [-0.39, 0.29) is 126 Å². The van der Waals surface area contributed by atoms with Crippen LogP contribution >= 0.6 is 25.3 Å². The summed E-state index contributed by atoms with van der Waals surface area (Å²) >= 11 is 9.13. The number of carbonyl (C=O) groups excluding carboxylic acids is 6. The van der Waals surface area contributed by atoms with Crippen molar-refractivity contribution in [2.24, 2.45) is 0 Å². The fourth-order valence-corrected chi connectivity index (χ4v) is 12.9. The highest BCUT2D eigenvalue weighted by Gasteiger charge is 2.47. The fourth-order valence-electron chi connectivity index (χ4n) is 12.2. The van der Waals surface area contributed by atoms with E-state index in [9.17, 15) is 30.0 Å². The number of hydrogen-bond acceptors (Lipinski definition) is 16. The first-order valence-corrected chi connectivity index (χ1v) is 31.4. The van der Waals surface area contributed by atoms with Crippen molar-refractivity contribution in [1.29, 1.82) is 0 Å². The first kappa shape index (κ1) is 62.8. The minimum absolute atomic E-state index is 0.0378. The highest BCUT2D eigenvalue weighted by molar-refractivity contribution is 7.80. The molecule has 90 heavy (non-hydrogen) atoms. The normalized spacial score (nSPS) is 13.7. The van der Waals surface area contributed by atoms with E-state index in [4.69, 9.17) is 18.9 Å². The summed E-state index contributed by atoms with van der Waals surface area (Å²) in [6.45, 7) is 5.29. The maximum atomic E-state index is 15.9. The van der Waals surface area contributed by atoms with Gasteiger partial charge in [-0.25, -0.2) is 0 Å². The third kappa shape index (κ3) is 11.3. The van der Waals surface area contributed by atoms with Gasteiger partial charge in [-0.05, 0) is 121 Å². The Labute approximate surface area is 530 Å². The predicted octanol–water partition coefficient (Wildman–Crippen LogP) is 10.6. The van der Waals surface area contributed by atoms with Crippen LogP contribution in [-0.2, 0) is 35.3 Å². The second kappa shape index (κ2) is 26.7. The van der Waals surface area contributed by atoms with Crippen molar-refractivity contribution in [1.82, 2.24) is 19.6 Å². The molecule has 9 aromatic carbocycles. The van der Waals surface area contributed by atoms with Crippen LogP contribution in [-0.4, -0.2) is 152 Å². The van der Waals surface area contributed by atoms with Gasteiger partial charge in [0.1, 0.15) is 58.1 Å². The summed E-state index contributed by atoms with van der Waals surface area (Å²) in [6, 6.07) is 32.3. The summed E-state index contributed by atoms with van der Waals surface area (Å²) in [6.07, 6.45) is 2.82. The van der Waals surface area contributed by atoms with Crippen molar-refractivity contribution >= 4 is 104 Å². The molecule has 0 radical (unpaired) electrons. The Hall–Kier alpha value is -8.76. The molecule has 2 unspecified atom stereocenters. The predicted molar refractivity (Wildman–Crippen MR) is 349 cm³/mol. The van der Waals surface area contributed by atoms with Gasteiger partial charge in [-0.3, -0.25) is 38.6 Å². The molecule has 18 nitrogen and oxygen atoms in total. The van der Waals surface area contributed by atoms with Crippen LogP contribution < -0.4 is 18.9 Å². The Balaban J connectivity index is 1.34. The van der Waals surface area contributed by atoms with E-state index >= 15 is 19.2 Å². The molecule has 9 aromatic rings. The lowest BCUT2D eigenvalue weighted by Gasteiger charge is -2.37. The number of ether oxygens (including phenoxy) is 4. The minimum atomic E-state index is -1.55. The van der Waals surface area contributed by atoms with Gasteiger partial charge < -0.3 is 49.2 Å². The summed E-state index contributed by atoms with van der Waals surface area (Å²) < 4.78 is 28.4. The lowest BCUT2D eigenvalue weighted by molar-refractivity contribution is -0.136. The molecule has 0 spiro atoms. The molecule has 20 heteroatoms. The standard InChI is InChI=1S/C70H68N4O14S2/c1-5-39-9-17-43(18-10-39)85-53-33-47-57-48(66(80)73(65(47)79)51(37-89)69(83)71(25-29-75)26-30-76)35-55(87-45-21-13-41(7-3)14-22-45)61-62-56(88-46-23-15-42(8-4)16-24-46)36-50-58-49(67(81)74(68(50)82)52(38-90)70(84)72(27-31-77)28-32-78)34-54(60(64(58)62)59(53)63(57)61)86-44-19-11-40(6-2)12-20-44/h9-24,33-36,51-52,75-78,89-90H,5-8,25-32,37-38H2,1-4H3. The highest BCUT2D eigenvalue weighted by Crippen LogP contribution is 2.58. The smallest absolute Gasteiger partial charge is 0.262 e. The number of aliphatic hydroxyl groups is 4. The van der Waals surface area contributed by atoms with E-state index in [0.717, 1.165) is 41.9 Å². The molecule has 464 valence electrons. The summed E-state index contributed by atoms with van der Waals surface area (Å²) in [4.78, 5) is 96.8. The number of aryl methyl sites for hydroxylation is 4. The molecule has 0 fully saturated rings. The van der Waals surface area contributed by atoms with Gasteiger partial charge >= 0.3 is 0 Å². The number of carbonyl (C=O) groups is 6. The van der Waals surface area contributed by atoms with Crippen LogP contribution in [0.4, 0.5) is 0 Å². The Morgan fingerprint density at radius 2 is 0.600 bits per heavy atom. The third-order valence-corrected chi connectivity index (χ3v) is 17.5. The fraction of sp³-hybridized carbons (Fsp3) is 0.286. The molecule has 0 saturated carbocycles. The van der Waals surface area contributed by atoms with Crippen LogP contribution in [0, 0.1) is 0 Å². The zero-order chi connectivity index (χ0) is 63.7. The van der Waals surface area contributed by atoms with Crippen LogP contribution in [0.5, 0.6) is 46.0 Å². The number of benzene rings is 9. The zero-order valence-corrected chi connectivity index (χ0v) is 51.9. The summed E-state index contributed by atoms with van der Waals surface area (Å²) in [5, 5.41) is 41.9. The molecular formula is C70H68N4O14S2. The maximum Gasteiger partial charge on any atom is 0.262 e. The van der Waals surface area contributed by atoms with Gasteiger partial charge in [-0.2, -0.15) is 25.3 Å². The Kier molecular flexibility index (Phi) is 18.7. The van der Waals surface area contributed by atoms with E-state index in [0.29, 0.717) is 48.7 Å². The van der Waals surface area contributed by atoms with Crippen molar-refractivity contribution in [3.63, 3.8) is 0 Å². The lowest BCUT2D eigenvalue weighted by Crippen LogP contribution is -2.56. The second-order valence-electron chi connectivity index (χ2n) is 22.0.